The number of amides is 1. The highest BCUT2D eigenvalue weighted by Gasteiger charge is 2.16. The van der Waals surface area contributed by atoms with Gasteiger partial charge in [0.2, 0.25) is 5.91 Å². The topological polar surface area (TPSA) is 81.8 Å². The van der Waals surface area contributed by atoms with Crippen LogP contribution < -0.4 is 10.9 Å². The Hall–Kier alpha value is -3.10. The number of nitrogens with one attached hydrogen (secondary N) is 1. The number of thioether (sulfide) groups is 1. The monoisotopic (exact) mass is 467 g/mol. The first kappa shape index (κ1) is 22.1. The third-order valence-corrected chi connectivity index (χ3v) is 6.08. The molecule has 0 aliphatic rings. The highest BCUT2D eigenvalue weighted by Crippen LogP contribution is 2.20. The minimum atomic E-state index is -0.237. The number of anilines is 1. The van der Waals surface area contributed by atoms with Crippen LogP contribution in [0.2, 0.25) is 5.02 Å². The van der Waals surface area contributed by atoms with E-state index in [1.54, 1.807) is 27.6 Å². The molecular formula is C23H22ClN5O2S. The molecule has 32 heavy (non-hydrogen) atoms. The van der Waals surface area contributed by atoms with E-state index in [9.17, 15) is 9.59 Å². The lowest BCUT2D eigenvalue weighted by Crippen LogP contribution is -2.25. The summed E-state index contributed by atoms with van der Waals surface area (Å²) in [7, 11) is 0. The van der Waals surface area contributed by atoms with Crippen LogP contribution in [0.1, 0.15) is 18.1 Å². The van der Waals surface area contributed by atoms with Crippen molar-refractivity contribution in [1.82, 2.24) is 19.3 Å². The summed E-state index contributed by atoms with van der Waals surface area (Å²) in [6.07, 6.45) is 1.75. The zero-order chi connectivity index (χ0) is 22.7. The van der Waals surface area contributed by atoms with Gasteiger partial charge < -0.3 is 5.32 Å². The molecule has 4 rings (SSSR count). The number of rotatable bonds is 7. The molecule has 0 unspecified atom stereocenters. The average molecular weight is 468 g/mol. The highest BCUT2D eigenvalue weighted by molar-refractivity contribution is 7.99. The number of halogens is 1. The van der Waals surface area contributed by atoms with Gasteiger partial charge in [-0.2, -0.15) is 5.10 Å². The average Bonchev–Trinajstić information content (AvgIpc) is 3.19. The largest absolute Gasteiger partial charge is 0.325 e. The molecular weight excluding hydrogens is 446 g/mol. The number of benzene rings is 2. The van der Waals surface area contributed by atoms with E-state index < -0.39 is 0 Å². The minimum absolute atomic E-state index is 0.119. The van der Waals surface area contributed by atoms with Crippen LogP contribution in [0.3, 0.4) is 0 Å². The molecule has 9 heteroatoms. The van der Waals surface area contributed by atoms with Crippen LogP contribution in [0.4, 0.5) is 5.69 Å². The van der Waals surface area contributed by atoms with Crippen LogP contribution in [0.25, 0.3) is 11.0 Å². The Labute approximate surface area is 194 Å². The standard InChI is InChI=1S/C23H22ClN5O2S/c1-3-28-13-19-21(27-28)22(31)29(12-16-7-9-17(24)10-8-16)23(26-19)32-14-20(30)25-18-6-4-5-15(2)11-18/h4-11,13H,3,12,14H2,1-2H3,(H,25,30). The lowest BCUT2D eigenvalue weighted by molar-refractivity contribution is -0.113. The number of aryl methyl sites for hydroxylation is 2. The predicted molar refractivity (Wildman–Crippen MR) is 129 cm³/mol. The van der Waals surface area contributed by atoms with E-state index in [1.165, 1.54) is 11.8 Å². The van der Waals surface area contributed by atoms with E-state index in [0.717, 1.165) is 16.8 Å². The fourth-order valence-electron chi connectivity index (χ4n) is 3.26. The van der Waals surface area contributed by atoms with Crippen molar-refractivity contribution < 1.29 is 4.79 Å². The van der Waals surface area contributed by atoms with Crippen LogP contribution >= 0.6 is 23.4 Å². The number of carbonyl (C=O) groups excluding carboxylic acids is 1. The van der Waals surface area contributed by atoms with Gasteiger partial charge in [-0.05, 0) is 49.2 Å². The number of fused-ring (bicyclic) bond motifs is 1. The van der Waals surface area contributed by atoms with Gasteiger partial charge in [0.25, 0.3) is 5.56 Å². The minimum Gasteiger partial charge on any atom is -0.325 e. The molecule has 164 valence electrons. The van der Waals surface area contributed by atoms with Gasteiger partial charge in [-0.1, -0.05) is 47.6 Å². The van der Waals surface area contributed by atoms with Crippen LogP contribution in [0, 0.1) is 6.92 Å². The van der Waals surface area contributed by atoms with Gasteiger partial charge in [-0.25, -0.2) is 4.98 Å². The van der Waals surface area contributed by atoms with Crippen molar-refractivity contribution >= 4 is 46.0 Å². The van der Waals surface area contributed by atoms with Crippen molar-refractivity contribution in [2.24, 2.45) is 0 Å². The van der Waals surface area contributed by atoms with Gasteiger partial charge in [0, 0.05) is 17.3 Å². The smallest absolute Gasteiger partial charge is 0.282 e. The van der Waals surface area contributed by atoms with E-state index in [0.29, 0.717) is 34.3 Å². The molecule has 1 N–H and O–H groups in total. The Balaban J connectivity index is 1.62. The first-order chi connectivity index (χ1) is 15.4. The lowest BCUT2D eigenvalue weighted by Gasteiger charge is -2.12. The first-order valence-corrected chi connectivity index (χ1v) is 11.5. The van der Waals surface area contributed by atoms with Crippen LogP contribution in [-0.4, -0.2) is 31.0 Å². The first-order valence-electron chi connectivity index (χ1n) is 10.1. The molecule has 0 saturated carbocycles. The zero-order valence-electron chi connectivity index (χ0n) is 17.7. The van der Waals surface area contributed by atoms with E-state index in [2.05, 4.69) is 15.4 Å². The fourth-order valence-corrected chi connectivity index (χ4v) is 4.18. The predicted octanol–water partition coefficient (Wildman–Crippen LogP) is 4.35. The Morgan fingerprint density at radius 1 is 1.19 bits per heavy atom. The Morgan fingerprint density at radius 2 is 1.97 bits per heavy atom. The highest BCUT2D eigenvalue weighted by atomic mass is 35.5. The van der Waals surface area contributed by atoms with Crippen LogP contribution in [0.15, 0.2) is 64.7 Å². The molecule has 2 aromatic carbocycles. The Kier molecular flexibility index (Phi) is 6.62. The third-order valence-electron chi connectivity index (χ3n) is 4.85. The molecule has 2 heterocycles. The second-order valence-corrected chi connectivity index (χ2v) is 8.72. The third kappa shape index (κ3) is 5.03. The van der Waals surface area contributed by atoms with Crippen molar-refractivity contribution in [3.05, 3.63) is 81.2 Å². The Morgan fingerprint density at radius 3 is 2.69 bits per heavy atom. The molecule has 0 aliphatic heterocycles. The molecule has 1 amide bonds. The molecule has 0 fully saturated rings. The summed E-state index contributed by atoms with van der Waals surface area (Å²) in [6, 6.07) is 14.9. The number of aromatic nitrogens is 4. The zero-order valence-corrected chi connectivity index (χ0v) is 19.3. The molecule has 0 radical (unpaired) electrons. The molecule has 0 bridgehead atoms. The Bertz CT molecular complexity index is 1330. The summed E-state index contributed by atoms with van der Waals surface area (Å²) in [4.78, 5) is 30.4. The van der Waals surface area contributed by atoms with Gasteiger partial charge in [-0.15, -0.1) is 0 Å². The van der Waals surface area contributed by atoms with E-state index in [4.69, 9.17) is 11.6 Å². The van der Waals surface area contributed by atoms with Gasteiger partial charge in [0.05, 0.1) is 18.5 Å². The maximum Gasteiger partial charge on any atom is 0.282 e. The second kappa shape index (κ2) is 9.58. The summed E-state index contributed by atoms with van der Waals surface area (Å²) in [5, 5.41) is 8.34. The van der Waals surface area contributed by atoms with Gasteiger partial charge >= 0.3 is 0 Å². The van der Waals surface area contributed by atoms with E-state index >= 15 is 0 Å². The maximum absolute atomic E-state index is 13.2. The second-order valence-electron chi connectivity index (χ2n) is 7.34. The summed E-state index contributed by atoms with van der Waals surface area (Å²) >= 11 is 7.22. The fraction of sp³-hybridized carbons (Fsp3) is 0.217. The van der Waals surface area contributed by atoms with Crippen molar-refractivity contribution in [3.8, 4) is 0 Å². The normalized spacial score (nSPS) is 11.1. The summed E-state index contributed by atoms with van der Waals surface area (Å²) in [5.41, 5.74) is 3.30. The summed E-state index contributed by atoms with van der Waals surface area (Å²) in [6.45, 7) is 4.85. The van der Waals surface area contributed by atoms with Crippen molar-refractivity contribution in [2.45, 2.75) is 32.1 Å². The number of hydrogen-bond donors (Lipinski definition) is 1. The van der Waals surface area contributed by atoms with Crippen LogP contribution in [-0.2, 0) is 17.9 Å². The number of carbonyl (C=O) groups is 1. The van der Waals surface area contributed by atoms with Crippen LogP contribution in [0.5, 0.6) is 0 Å². The number of hydrogen-bond acceptors (Lipinski definition) is 5. The number of nitrogens with zero attached hydrogens (tertiary/aromatic N) is 4. The lowest BCUT2D eigenvalue weighted by atomic mass is 10.2. The quantitative estimate of drug-likeness (QED) is 0.322. The molecule has 4 aromatic rings. The maximum atomic E-state index is 13.2. The van der Waals surface area contributed by atoms with E-state index in [-0.39, 0.29) is 17.2 Å². The molecule has 0 spiro atoms. The molecule has 0 atom stereocenters. The SMILES string of the molecule is CCn1cc2nc(SCC(=O)Nc3cccc(C)c3)n(Cc3ccc(Cl)cc3)c(=O)c2n1. The van der Waals surface area contributed by atoms with Crippen molar-refractivity contribution in [3.63, 3.8) is 0 Å². The van der Waals surface area contributed by atoms with Crippen molar-refractivity contribution in [2.75, 3.05) is 11.1 Å². The summed E-state index contributed by atoms with van der Waals surface area (Å²) in [5.74, 6) is -0.0498. The molecule has 0 aliphatic carbocycles. The molecule has 0 saturated heterocycles. The molecule has 7 nitrogen and oxygen atoms in total. The van der Waals surface area contributed by atoms with Gasteiger partial charge in [0.15, 0.2) is 10.7 Å². The van der Waals surface area contributed by atoms with Crippen molar-refractivity contribution in [1.29, 1.82) is 0 Å². The van der Waals surface area contributed by atoms with Gasteiger partial charge in [0.1, 0.15) is 5.52 Å². The van der Waals surface area contributed by atoms with Gasteiger partial charge in [-0.3, -0.25) is 18.8 Å². The summed E-state index contributed by atoms with van der Waals surface area (Å²) < 4.78 is 3.24. The van der Waals surface area contributed by atoms with E-state index in [1.807, 2.05) is 50.2 Å². The molecule has 2 aromatic heterocycles.